The van der Waals surface area contributed by atoms with Crippen molar-refractivity contribution in [2.45, 2.75) is 20.8 Å². The Balaban J connectivity index is 1.74. The number of ether oxygens (including phenoxy) is 1. The highest BCUT2D eigenvalue weighted by Gasteiger charge is 2.18. The fourth-order valence-electron chi connectivity index (χ4n) is 4.26. The number of para-hydroxylation sites is 1. The molecule has 164 valence electrons. The average Bonchev–Trinajstić information content (AvgIpc) is 3.20. The molecule has 1 N–H and O–H groups in total. The molecule has 4 heteroatoms. The molecule has 0 spiro atoms. The van der Waals surface area contributed by atoms with Crippen molar-refractivity contribution < 1.29 is 4.74 Å². The molecule has 0 bridgehead atoms. The standard InChI is InChI=1S/C29H27N3O/c1-19-13-14-23(17-25(19)33-4)28-29(31-27-20(2)9-8-10-21(27)3)32-18-24(15-16-26(32)30-28)22-11-6-5-7-12-22/h5-18,31H,1-4H3. The number of nitrogens with one attached hydrogen (secondary N) is 1. The van der Waals surface area contributed by atoms with Crippen LogP contribution in [-0.2, 0) is 0 Å². The molecular weight excluding hydrogens is 406 g/mol. The van der Waals surface area contributed by atoms with E-state index in [0.717, 1.165) is 45.3 Å². The first-order chi connectivity index (χ1) is 16.0. The first kappa shape index (κ1) is 20.8. The van der Waals surface area contributed by atoms with Crippen molar-refractivity contribution in [3.05, 3.63) is 102 Å². The van der Waals surface area contributed by atoms with Crippen molar-refractivity contribution in [1.29, 1.82) is 0 Å². The van der Waals surface area contributed by atoms with Gasteiger partial charge in [-0.1, -0.05) is 60.7 Å². The van der Waals surface area contributed by atoms with Crippen LogP contribution >= 0.6 is 0 Å². The Bertz CT molecular complexity index is 1430. The largest absolute Gasteiger partial charge is 0.496 e. The summed E-state index contributed by atoms with van der Waals surface area (Å²) in [5.41, 5.74) is 9.68. The highest BCUT2D eigenvalue weighted by atomic mass is 16.5. The van der Waals surface area contributed by atoms with E-state index >= 15 is 0 Å². The van der Waals surface area contributed by atoms with Crippen LogP contribution in [0.15, 0.2) is 85.1 Å². The van der Waals surface area contributed by atoms with Gasteiger partial charge < -0.3 is 10.1 Å². The van der Waals surface area contributed by atoms with Gasteiger partial charge in [-0.05, 0) is 66.8 Å². The molecule has 0 saturated heterocycles. The maximum atomic E-state index is 5.60. The number of aryl methyl sites for hydroxylation is 3. The molecule has 0 atom stereocenters. The third-order valence-corrected chi connectivity index (χ3v) is 6.13. The van der Waals surface area contributed by atoms with E-state index in [0.29, 0.717) is 0 Å². The van der Waals surface area contributed by atoms with E-state index in [9.17, 15) is 0 Å². The maximum Gasteiger partial charge on any atom is 0.143 e. The number of pyridine rings is 1. The Hall–Kier alpha value is -4.05. The minimum absolute atomic E-state index is 0.854. The fraction of sp³-hybridized carbons (Fsp3) is 0.138. The van der Waals surface area contributed by atoms with Crippen molar-refractivity contribution in [1.82, 2.24) is 9.38 Å². The van der Waals surface area contributed by atoms with Gasteiger partial charge in [0.15, 0.2) is 0 Å². The number of hydrogen-bond acceptors (Lipinski definition) is 3. The van der Waals surface area contributed by atoms with E-state index in [1.165, 1.54) is 16.7 Å². The molecule has 3 aromatic carbocycles. The summed E-state index contributed by atoms with van der Waals surface area (Å²) in [7, 11) is 1.71. The van der Waals surface area contributed by atoms with Crippen molar-refractivity contribution in [3.63, 3.8) is 0 Å². The summed E-state index contributed by atoms with van der Waals surface area (Å²) in [6, 6.07) is 27.2. The number of rotatable bonds is 5. The van der Waals surface area contributed by atoms with Crippen LogP contribution in [0.3, 0.4) is 0 Å². The van der Waals surface area contributed by atoms with E-state index < -0.39 is 0 Å². The molecule has 5 rings (SSSR count). The number of hydrogen-bond donors (Lipinski definition) is 1. The van der Waals surface area contributed by atoms with Crippen LogP contribution < -0.4 is 10.1 Å². The molecule has 0 aliphatic carbocycles. The predicted molar refractivity (Wildman–Crippen MR) is 137 cm³/mol. The molecule has 0 aliphatic rings. The van der Waals surface area contributed by atoms with Crippen molar-refractivity contribution in [2.24, 2.45) is 0 Å². The van der Waals surface area contributed by atoms with Crippen LogP contribution in [0.5, 0.6) is 5.75 Å². The zero-order valence-electron chi connectivity index (χ0n) is 19.4. The van der Waals surface area contributed by atoms with Gasteiger partial charge in [0.25, 0.3) is 0 Å². The summed E-state index contributed by atoms with van der Waals surface area (Å²) in [4.78, 5) is 5.02. The van der Waals surface area contributed by atoms with Gasteiger partial charge in [-0.3, -0.25) is 4.40 Å². The Labute approximate surface area is 194 Å². The number of anilines is 2. The monoisotopic (exact) mass is 433 g/mol. The van der Waals surface area contributed by atoms with E-state index in [1.807, 2.05) is 13.0 Å². The Morgan fingerprint density at radius 3 is 2.18 bits per heavy atom. The fourth-order valence-corrected chi connectivity index (χ4v) is 4.26. The van der Waals surface area contributed by atoms with Gasteiger partial charge in [0, 0.05) is 17.4 Å². The summed E-state index contributed by atoms with van der Waals surface area (Å²) in [6.07, 6.45) is 2.16. The topological polar surface area (TPSA) is 38.6 Å². The number of aromatic nitrogens is 2. The number of methoxy groups -OCH3 is 1. The van der Waals surface area contributed by atoms with Crippen LogP contribution in [0.25, 0.3) is 28.0 Å². The van der Waals surface area contributed by atoms with Gasteiger partial charge >= 0.3 is 0 Å². The first-order valence-electron chi connectivity index (χ1n) is 11.1. The number of imidazole rings is 1. The second-order valence-corrected chi connectivity index (χ2v) is 8.40. The molecule has 5 aromatic rings. The minimum atomic E-state index is 0.854. The average molecular weight is 434 g/mol. The second-order valence-electron chi connectivity index (χ2n) is 8.40. The van der Waals surface area contributed by atoms with E-state index in [-0.39, 0.29) is 0 Å². The summed E-state index contributed by atoms with van der Waals surface area (Å²) >= 11 is 0. The first-order valence-corrected chi connectivity index (χ1v) is 11.1. The third kappa shape index (κ3) is 3.85. The molecule has 2 heterocycles. The van der Waals surface area contributed by atoms with Crippen LogP contribution in [0, 0.1) is 20.8 Å². The zero-order valence-corrected chi connectivity index (χ0v) is 19.4. The van der Waals surface area contributed by atoms with E-state index in [1.54, 1.807) is 7.11 Å². The van der Waals surface area contributed by atoms with E-state index in [2.05, 4.69) is 103 Å². The zero-order chi connectivity index (χ0) is 22.9. The highest BCUT2D eigenvalue weighted by Crippen LogP contribution is 2.36. The predicted octanol–water partition coefficient (Wildman–Crippen LogP) is 7.35. The summed E-state index contributed by atoms with van der Waals surface area (Å²) < 4.78 is 7.75. The lowest BCUT2D eigenvalue weighted by molar-refractivity contribution is 0.412. The quantitative estimate of drug-likeness (QED) is 0.315. The van der Waals surface area contributed by atoms with Crippen LogP contribution in [0.4, 0.5) is 11.5 Å². The normalized spacial score (nSPS) is 11.0. The van der Waals surface area contributed by atoms with Crippen molar-refractivity contribution in [3.8, 4) is 28.1 Å². The van der Waals surface area contributed by atoms with Gasteiger partial charge in [0.1, 0.15) is 22.9 Å². The summed E-state index contributed by atoms with van der Waals surface area (Å²) in [5.74, 6) is 1.79. The molecule has 0 unspecified atom stereocenters. The number of fused-ring (bicyclic) bond motifs is 1. The molecule has 2 aromatic heterocycles. The van der Waals surface area contributed by atoms with Crippen LogP contribution in [0.2, 0.25) is 0 Å². The summed E-state index contributed by atoms with van der Waals surface area (Å²) in [5, 5.41) is 3.72. The molecule has 0 aliphatic heterocycles. The SMILES string of the molecule is COc1cc(-c2nc3ccc(-c4ccccc4)cn3c2Nc2c(C)cccc2C)ccc1C. The Kier molecular flexibility index (Phi) is 5.35. The molecular formula is C29H27N3O. The lowest BCUT2D eigenvalue weighted by atomic mass is 10.1. The molecule has 0 fully saturated rings. The number of nitrogens with zero attached hydrogens (tertiary/aromatic N) is 2. The van der Waals surface area contributed by atoms with Gasteiger partial charge in [0.05, 0.1) is 7.11 Å². The van der Waals surface area contributed by atoms with Gasteiger partial charge in [-0.25, -0.2) is 4.98 Å². The lowest BCUT2D eigenvalue weighted by Crippen LogP contribution is -2.01. The summed E-state index contributed by atoms with van der Waals surface area (Å²) in [6.45, 7) is 6.30. The number of benzene rings is 3. The highest BCUT2D eigenvalue weighted by molar-refractivity contribution is 5.82. The minimum Gasteiger partial charge on any atom is -0.496 e. The van der Waals surface area contributed by atoms with Crippen molar-refractivity contribution in [2.75, 3.05) is 12.4 Å². The van der Waals surface area contributed by atoms with Gasteiger partial charge in [-0.15, -0.1) is 0 Å². The van der Waals surface area contributed by atoms with E-state index in [4.69, 9.17) is 9.72 Å². The van der Waals surface area contributed by atoms with Crippen LogP contribution in [0.1, 0.15) is 16.7 Å². The smallest absolute Gasteiger partial charge is 0.143 e. The molecule has 4 nitrogen and oxygen atoms in total. The van der Waals surface area contributed by atoms with Gasteiger partial charge in [-0.2, -0.15) is 0 Å². The van der Waals surface area contributed by atoms with Crippen LogP contribution in [-0.4, -0.2) is 16.5 Å². The molecule has 0 amide bonds. The Morgan fingerprint density at radius 1 is 0.727 bits per heavy atom. The maximum absolute atomic E-state index is 5.60. The van der Waals surface area contributed by atoms with Crippen molar-refractivity contribution >= 4 is 17.2 Å². The third-order valence-electron chi connectivity index (χ3n) is 6.13. The molecule has 0 saturated carbocycles. The molecule has 0 radical (unpaired) electrons. The van der Waals surface area contributed by atoms with Gasteiger partial charge in [0.2, 0.25) is 0 Å². The second kappa shape index (κ2) is 8.47. The Morgan fingerprint density at radius 2 is 1.45 bits per heavy atom. The lowest BCUT2D eigenvalue weighted by Gasteiger charge is -2.15. The molecule has 33 heavy (non-hydrogen) atoms.